The summed E-state index contributed by atoms with van der Waals surface area (Å²) in [5, 5.41) is 0.243. The van der Waals surface area contributed by atoms with Crippen LogP contribution in [0.3, 0.4) is 0 Å². The van der Waals surface area contributed by atoms with Crippen molar-refractivity contribution in [1.82, 2.24) is 4.98 Å². The summed E-state index contributed by atoms with van der Waals surface area (Å²) in [4.78, 5) is 44.6. The van der Waals surface area contributed by atoms with Crippen molar-refractivity contribution in [3.05, 3.63) is 105 Å². The van der Waals surface area contributed by atoms with Gasteiger partial charge in [0.15, 0.2) is 11.0 Å². The van der Waals surface area contributed by atoms with Crippen LogP contribution < -0.4 is 14.9 Å². The van der Waals surface area contributed by atoms with Crippen LogP contribution in [0.25, 0.3) is 33.6 Å². The molecule has 0 spiro atoms. The van der Waals surface area contributed by atoms with Gasteiger partial charge in [0.25, 0.3) is 0 Å². The molecule has 0 atom stereocenters. The molecule has 0 fully saturated rings. The van der Waals surface area contributed by atoms with Gasteiger partial charge in [-0.2, -0.15) is 0 Å². The average Bonchev–Trinajstić information content (AvgIpc) is 3.01. The van der Waals surface area contributed by atoms with E-state index in [1.54, 1.807) is 52.0 Å². The lowest BCUT2D eigenvalue weighted by atomic mass is 9.94. The van der Waals surface area contributed by atoms with Crippen LogP contribution in [-0.2, 0) is 9.47 Å². The molecule has 0 saturated carbocycles. The number of aryl methyl sites for hydroxylation is 1. The third kappa shape index (κ3) is 5.64. The van der Waals surface area contributed by atoms with E-state index in [9.17, 15) is 14.4 Å². The number of carbonyl (C=O) groups excluding carboxylic acids is 2. The third-order valence-electron chi connectivity index (χ3n) is 7.03. The minimum atomic E-state index is -0.697. The summed E-state index contributed by atoms with van der Waals surface area (Å²) in [5.74, 6) is 0.311. The van der Waals surface area contributed by atoms with E-state index in [0.717, 1.165) is 0 Å². The van der Waals surface area contributed by atoms with Crippen LogP contribution in [0, 0.1) is 13.8 Å². The highest BCUT2D eigenvalue weighted by atomic mass is 16.5. The molecule has 2 aromatic heterocycles. The molecule has 0 unspecified atom stereocenters. The number of hydrogen-bond donors (Lipinski definition) is 0. The molecule has 5 aromatic rings. The molecule has 0 radical (unpaired) electrons. The lowest BCUT2D eigenvalue weighted by Crippen LogP contribution is -2.18. The minimum absolute atomic E-state index is 0.0344. The number of pyridine rings is 1. The van der Waals surface area contributed by atoms with Gasteiger partial charge in [-0.05, 0) is 69.7 Å². The fourth-order valence-corrected chi connectivity index (χ4v) is 5.09. The topological polar surface area (TPSA) is 114 Å². The standard InChI is InChI=1S/C35H31NO8/c1-6-41-34(38)29-20(3)30(35(39)42-7-2)32(36-21(29)4)31-27(40-5)18-17-23-25(37)19-28(44-33(23)31)24-15-11-12-16-26(24)43-22-13-9-8-10-14-22/h8-19H,6-7H2,1-5H3. The highest BCUT2D eigenvalue weighted by molar-refractivity contribution is 6.06. The van der Waals surface area contributed by atoms with Crippen molar-refractivity contribution >= 4 is 22.9 Å². The second kappa shape index (κ2) is 12.8. The average molecular weight is 594 g/mol. The number of fused-ring (bicyclic) bond motifs is 1. The Morgan fingerprint density at radius 1 is 0.818 bits per heavy atom. The first-order chi connectivity index (χ1) is 21.3. The van der Waals surface area contributed by atoms with Crippen LogP contribution >= 0.6 is 0 Å². The van der Waals surface area contributed by atoms with E-state index in [-0.39, 0.29) is 57.8 Å². The van der Waals surface area contributed by atoms with Crippen LogP contribution in [0.1, 0.15) is 45.8 Å². The highest BCUT2D eigenvalue weighted by Gasteiger charge is 2.30. The van der Waals surface area contributed by atoms with Gasteiger partial charge >= 0.3 is 11.9 Å². The zero-order valence-corrected chi connectivity index (χ0v) is 25.1. The molecule has 44 heavy (non-hydrogen) atoms. The molecule has 0 aliphatic heterocycles. The molecular formula is C35H31NO8. The molecule has 0 saturated heterocycles. The van der Waals surface area contributed by atoms with Gasteiger partial charge in [-0.15, -0.1) is 0 Å². The van der Waals surface area contributed by atoms with Gasteiger partial charge in [0.1, 0.15) is 23.0 Å². The van der Waals surface area contributed by atoms with Crippen molar-refractivity contribution in [2.45, 2.75) is 27.7 Å². The molecule has 0 bridgehead atoms. The van der Waals surface area contributed by atoms with Crippen LogP contribution in [0.5, 0.6) is 17.2 Å². The SMILES string of the molecule is CCOC(=O)c1c(C)nc(-c2c(OC)ccc3c(=O)cc(-c4ccccc4Oc4ccccc4)oc23)c(C(=O)OCC)c1C. The monoisotopic (exact) mass is 593 g/mol. The predicted molar refractivity (Wildman–Crippen MR) is 166 cm³/mol. The zero-order valence-electron chi connectivity index (χ0n) is 25.1. The second-order valence-electron chi connectivity index (χ2n) is 9.77. The van der Waals surface area contributed by atoms with Crippen molar-refractivity contribution in [3.8, 4) is 39.8 Å². The molecule has 2 heterocycles. The summed E-state index contributed by atoms with van der Waals surface area (Å²) < 4.78 is 29.0. The lowest BCUT2D eigenvalue weighted by Gasteiger charge is -2.19. The Morgan fingerprint density at radius 3 is 2.16 bits per heavy atom. The Balaban J connectivity index is 1.82. The summed E-state index contributed by atoms with van der Waals surface area (Å²) in [6.07, 6.45) is 0. The maximum absolute atomic E-state index is 13.6. The summed E-state index contributed by atoms with van der Waals surface area (Å²) in [5.41, 5.74) is 1.59. The van der Waals surface area contributed by atoms with Crippen LogP contribution in [0.2, 0.25) is 0 Å². The number of aromatic nitrogens is 1. The highest BCUT2D eigenvalue weighted by Crippen LogP contribution is 2.41. The molecule has 0 amide bonds. The van der Waals surface area contributed by atoms with Gasteiger partial charge in [-0.1, -0.05) is 30.3 Å². The third-order valence-corrected chi connectivity index (χ3v) is 7.03. The Morgan fingerprint density at radius 2 is 1.48 bits per heavy atom. The number of rotatable bonds is 9. The fraction of sp³-hybridized carbons (Fsp3) is 0.200. The van der Waals surface area contributed by atoms with Gasteiger partial charge in [-0.25, -0.2) is 9.59 Å². The van der Waals surface area contributed by atoms with Gasteiger partial charge in [0.2, 0.25) is 0 Å². The van der Waals surface area contributed by atoms with Crippen LogP contribution in [-0.4, -0.2) is 37.2 Å². The normalized spacial score (nSPS) is 10.8. The molecule has 5 rings (SSSR count). The minimum Gasteiger partial charge on any atom is -0.496 e. The first-order valence-corrected chi connectivity index (χ1v) is 14.1. The van der Waals surface area contributed by atoms with Crippen molar-refractivity contribution < 1.29 is 33.0 Å². The quantitative estimate of drug-likeness (QED) is 0.162. The van der Waals surface area contributed by atoms with Crippen LogP contribution in [0.4, 0.5) is 0 Å². The van der Waals surface area contributed by atoms with E-state index in [1.165, 1.54) is 13.2 Å². The summed E-state index contributed by atoms with van der Waals surface area (Å²) in [6.45, 7) is 6.89. The van der Waals surface area contributed by atoms with Gasteiger partial charge < -0.3 is 23.4 Å². The zero-order chi connectivity index (χ0) is 31.4. The van der Waals surface area contributed by atoms with Gasteiger partial charge in [0, 0.05) is 6.07 Å². The maximum atomic E-state index is 13.6. The molecule has 3 aromatic carbocycles. The Hall–Kier alpha value is -5.44. The largest absolute Gasteiger partial charge is 0.496 e. The van der Waals surface area contributed by atoms with Crippen molar-refractivity contribution in [2.24, 2.45) is 0 Å². The number of ether oxygens (including phenoxy) is 4. The number of methoxy groups -OCH3 is 1. The Kier molecular flexibility index (Phi) is 8.76. The van der Waals surface area contributed by atoms with Crippen molar-refractivity contribution in [2.75, 3.05) is 20.3 Å². The number of esters is 2. The van der Waals surface area contributed by atoms with Crippen LogP contribution in [0.15, 0.2) is 82.0 Å². The predicted octanol–water partition coefficient (Wildman–Crippen LogP) is 7.29. The van der Waals surface area contributed by atoms with E-state index in [1.807, 2.05) is 42.5 Å². The Labute approximate surface area is 254 Å². The maximum Gasteiger partial charge on any atom is 0.340 e. The summed E-state index contributed by atoms with van der Waals surface area (Å²) in [7, 11) is 1.46. The van der Waals surface area contributed by atoms with E-state index in [4.69, 9.17) is 28.3 Å². The van der Waals surface area contributed by atoms with Crippen molar-refractivity contribution in [3.63, 3.8) is 0 Å². The second-order valence-corrected chi connectivity index (χ2v) is 9.77. The van der Waals surface area contributed by atoms with E-state index in [2.05, 4.69) is 0 Å². The summed E-state index contributed by atoms with van der Waals surface area (Å²) in [6, 6.07) is 21.0. The number of hydrogen-bond acceptors (Lipinski definition) is 9. The number of para-hydroxylation sites is 2. The molecule has 0 N–H and O–H groups in total. The molecular weight excluding hydrogens is 562 g/mol. The van der Waals surface area contributed by atoms with E-state index < -0.39 is 11.9 Å². The summed E-state index contributed by atoms with van der Waals surface area (Å²) >= 11 is 0. The smallest absolute Gasteiger partial charge is 0.340 e. The number of benzene rings is 3. The van der Waals surface area contributed by atoms with Crippen molar-refractivity contribution in [1.29, 1.82) is 0 Å². The molecule has 9 heteroatoms. The van der Waals surface area contributed by atoms with Gasteiger partial charge in [-0.3, -0.25) is 9.78 Å². The first-order valence-electron chi connectivity index (χ1n) is 14.1. The van der Waals surface area contributed by atoms with Gasteiger partial charge in [0.05, 0.1) is 59.4 Å². The molecule has 224 valence electrons. The van der Waals surface area contributed by atoms with E-state index in [0.29, 0.717) is 34.1 Å². The fourth-order valence-electron chi connectivity index (χ4n) is 5.09. The number of nitrogens with zero attached hydrogens (tertiary/aromatic N) is 1. The molecule has 0 aliphatic carbocycles. The van der Waals surface area contributed by atoms with E-state index >= 15 is 0 Å². The first kappa shape index (κ1) is 30.0. The number of carbonyl (C=O) groups is 2. The molecule has 9 nitrogen and oxygen atoms in total. The molecule has 0 aliphatic rings. The lowest BCUT2D eigenvalue weighted by molar-refractivity contribution is 0.0522. The Bertz CT molecular complexity index is 1930.